The molecule has 4 heteroatoms. The lowest BCUT2D eigenvalue weighted by Crippen LogP contribution is -2.37. The Morgan fingerprint density at radius 1 is 1.44 bits per heavy atom. The molecule has 0 aromatic heterocycles. The van der Waals surface area contributed by atoms with Gasteiger partial charge in [0.2, 0.25) is 0 Å². The van der Waals surface area contributed by atoms with Gasteiger partial charge in [-0.3, -0.25) is 4.21 Å². The molecule has 0 heterocycles. The second-order valence-electron chi connectivity index (χ2n) is 4.49. The van der Waals surface area contributed by atoms with Crippen LogP contribution in [0.4, 0.5) is 4.39 Å². The fourth-order valence-corrected chi connectivity index (χ4v) is 2.88. The minimum atomic E-state index is -1.52. The minimum absolute atomic E-state index is 0.0829. The van der Waals surface area contributed by atoms with E-state index in [4.69, 9.17) is 0 Å². The third kappa shape index (κ3) is 4.35. The smallest absolute Gasteiger partial charge is 0.119 e. The van der Waals surface area contributed by atoms with Crippen molar-refractivity contribution < 1.29 is 13.7 Å². The first-order chi connectivity index (χ1) is 8.50. The van der Waals surface area contributed by atoms with Crippen LogP contribution in [0.1, 0.15) is 18.4 Å². The highest BCUT2D eigenvalue weighted by atomic mass is 32.2. The summed E-state index contributed by atoms with van der Waals surface area (Å²) < 4.78 is 24.9. The zero-order chi connectivity index (χ0) is 13.6. The first-order valence-corrected chi connectivity index (χ1v) is 7.17. The molecule has 0 amide bonds. The van der Waals surface area contributed by atoms with Gasteiger partial charge in [-0.05, 0) is 31.9 Å². The standard InChI is InChI=1S/C14H19FO2S/c1-3-4-9-14(16,10-15)11-18(17)13-7-5-12(2)6-8-13/h3,5-8,16H,1,4,9-11H2,2H3/t14-,18+/m0/s1. The van der Waals surface area contributed by atoms with E-state index in [0.29, 0.717) is 11.3 Å². The summed E-state index contributed by atoms with van der Waals surface area (Å²) in [6.45, 7) is 4.58. The summed E-state index contributed by atoms with van der Waals surface area (Å²) in [5.74, 6) is -0.0829. The molecule has 18 heavy (non-hydrogen) atoms. The summed E-state index contributed by atoms with van der Waals surface area (Å²) >= 11 is 0. The summed E-state index contributed by atoms with van der Waals surface area (Å²) in [6, 6.07) is 7.20. The maximum Gasteiger partial charge on any atom is 0.119 e. The van der Waals surface area contributed by atoms with Gasteiger partial charge in [-0.1, -0.05) is 23.8 Å². The molecular weight excluding hydrogens is 251 g/mol. The number of hydrogen-bond donors (Lipinski definition) is 1. The molecule has 0 saturated carbocycles. The van der Waals surface area contributed by atoms with E-state index in [-0.39, 0.29) is 12.2 Å². The Morgan fingerprint density at radius 3 is 2.56 bits per heavy atom. The fourth-order valence-electron chi connectivity index (χ4n) is 1.57. The van der Waals surface area contributed by atoms with Gasteiger partial charge in [-0.25, -0.2) is 4.39 Å². The normalized spacial score (nSPS) is 15.9. The number of alkyl halides is 1. The Hall–Kier alpha value is -1.00. The van der Waals surface area contributed by atoms with Crippen LogP contribution < -0.4 is 0 Å². The van der Waals surface area contributed by atoms with E-state index in [2.05, 4.69) is 6.58 Å². The van der Waals surface area contributed by atoms with Gasteiger partial charge in [0.05, 0.1) is 16.6 Å². The Morgan fingerprint density at radius 2 is 2.06 bits per heavy atom. The van der Waals surface area contributed by atoms with Gasteiger partial charge in [0.15, 0.2) is 0 Å². The zero-order valence-corrected chi connectivity index (χ0v) is 11.4. The van der Waals surface area contributed by atoms with E-state index in [0.717, 1.165) is 5.56 Å². The number of allylic oxidation sites excluding steroid dienone is 1. The lowest BCUT2D eigenvalue weighted by Gasteiger charge is -2.23. The Kier molecular flexibility index (Phi) is 5.69. The van der Waals surface area contributed by atoms with Crippen molar-refractivity contribution >= 4 is 10.8 Å². The van der Waals surface area contributed by atoms with E-state index in [1.54, 1.807) is 18.2 Å². The molecule has 100 valence electrons. The lowest BCUT2D eigenvalue weighted by molar-refractivity contribution is 0.0302. The Labute approximate surface area is 110 Å². The Bertz CT molecular complexity index is 416. The largest absolute Gasteiger partial charge is 0.386 e. The van der Waals surface area contributed by atoms with Crippen LogP contribution in [0.25, 0.3) is 0 Å². The van der Waals surface area contributed by atoms with E-state index in [1.807, 2.05) is 19.1 Å². The quantitative estimate of drug-likeness (QED) is 0.774. The fraction of sp³-hybridized carbons (Fsp3) is 0.429. The van der Waals surface area contributed by atoms with Crippen LogP contribution in [0, 0.1) is 6.92 Å². The molecule has 1 aromatic rings. The number of halogens is 1. The number of aryl methyl sites for hydroxylation is 1. The van der Waals surface area contributed by atoms with Gasteiger partial charge >= 0.3 is 0 Å². The highest BCUT2D eigenvalue weighted by molar-refractivity contribution is 7.85. The van der Waals surface area contributed by atoms with Crippen molar-refractivity contribution in [2.45, 2.75) is 30.3 Å². The number of aliphatic hydroxyl groups is 1. The first kappa shape index (κ1) is 15.1. The third-order valence-electron chi connectivity index (χ3n) is 2.75. The molecule has 0 aliphatic carbocycles. The van der Waals surface area contributed by atoms with Crippen LogP contribution in [0.2, 0.25) is 0 Å². The van der Waals surface area contributed by atoms with Gasteiger partial charge in [0, 0.05) is 4.90 Å². The van der Waals surface area contributed by atoms with Gasteiger partial charge < -0.3 is 5.11 Å². The van der Waals surface area contributed by atoms with E-state index in [9.17, 15) is 13.7 Å². The summed E-state index contributed by atoms with van der Waals surface area (Å²) in [7, 11) is -1.39. The van der Waals surface area contributed by atoms with Crippen molar-refractivity contribution in [3.8, 4) is 0 Å². The lowest BCUT2D eigenvalue weighted by atomic mass is 10.0. The molecule has 1 aromatic carbocycles. The number of benzene rings is 1. The molecule has 0 aliphatic rings. The molecule has 0 fully saturated rings. The van der Waals surface area contributed by atoms with Crippen LogP contribution in [-0.4, -0.2) is 27.3 Å². The van der Waals surface area contributed by atoms with Crippen molar-refractivity contribution in [3.05, 3.63) is 42.5 Å². The Balaban J connectivity index is 2.72. The molecule has 2 nitrogen and oxygen atoms in total. The second-order valence-corrected chi connectivity index (χ2v) is 5.94. The zero-order valence-electron chi connectivity index (χ0n) is 10.6. The van der Waals surface area contributed by atoms with Crippen molar-refractivity contribution in [1.29, 1.82) is 0 Å². The monoisotopic (exact) mass is 270 g/mol. The highest BCUT2D eigenvalue weighted by Gasteiger charge is 2.29. The summed E-state index contributed by atoms with van der Waals surface area (Å²) in [5.41, 5.74) is -0.452. The molecule has 2 atom stereocenters. The maximum atomic E-state index is 12.9. The molecule has 0 saturated heterocycles. The topological polar surface area (TPSA) is 37.3 Å². The molecular formula is C14H19FO2S. The predicted molar refractivity (Wildman–Crippen MR) is 72.8 cm³/mol. The van der Waals surface area contributed by atoms with Crippen molar-refractivity contribution in [2.24, 2.45) is 0 Å². The average molecular weight is 270 g/mol. The molecule has 0 aliphatic heterocycles. The van der Waals surface area contributed by atoms with E-state index < -0.39 is 23.1 Å². The summed E-state index contributed by atoms with van der Waals surface area (Å²) in [4.78, 5) is 0.617. The van der Waals surface area contributed by atoms with Crippen molar-refractivity contribution in [3.63, 3.8) is 0 Å². The minimum Gasteiger partial charge on any atom is -0.386 e. The van der Waals surface area contributed by atoms with Crippen LogP contribution in [0.3, 0.4) is 0 Å². The molecule has 0 radical (unpaired) electrons. The van der Waals surface area contributed by atoms with Crippen LogP contribution >= 0.6 is 0 Å². The van der Waals surface area contributed by atoms with E-state index >= 15 is 0 Å². The third-order valence-corrected chi connectivity index (χ3v) is 4.34. The van der Waals surface area contributed by atoms with E-state index in [1.165, 1.54) is 0 Å². The van der Waals surface area contributed by atoms with Gasteiger partial charge in [0.25, 0.3) is 0 Å². The van der Waals surface area contributed by atoms with Gasteiger partial charge in [-0.15, -0.1) is 6.58 Å². The first-order valence-electron chi connectivity index (χ1n) is 5.85. The maximum absolute atomic E-state index is 12.9. The number of rotatable bonds is 7. The SMILES string of the molecule is C=CCC[C@](O)(CF)C[S@@](=O)c1ccc(C)cc1. The second kappa shape index (κ2) is 6.81. The highest BCUT2D eigenvalue weighted by Crippen LogP contribution is 2.19. The van der Waals surface area contributed by atoms with Crippen LogP contribution in [-0.2, 0) is 10.8 Å². The van der Waals surface area contributed by atoms with Crippen molar-refractivity contribution in [2.75, 3.05) is 12.4 Å². The van der Waals surface area contributed by atoms with Gasteiger partial charge in [-0.2, -0.15) is 0 Å². The van der Waals surface area contributed by atoms with Crippen LogP contribution in [0.15, 0.2) is 41.8 Å². The summed E-state index contributed by atoms with van der Waals surface area (Å²) in [5, 5.41) is 10.0. The number of hydrogen-bond acceptors (Lipinski definition) is 2. The molecule has 1 rings (SSSR count). The molecule has 0 bridgehead atoms. The molecule has 0 spiro atoms. The average Bonchev–Trinajstić information content (AvgIpc) is 2.37. The van der Waals surface area contributed by atoms with Crippen molar-refractivity contribution in [1.82, 2.24) is 0 Å². The molecule has 0 unspecified atom stereocenters. The van der Waals surface area contributed by atoms with Crippen LogP contribution in [0.5, 0.6) is 0 Å². The summed E-state index contributed by atoms with van der Waals surface area (Å²) in [6.07, 6.45) is 2.37. The predicted octanol–water partition coefficient (Wildman–Crippen LogP) is 2.77. The van der Waals surface area contributed by atoms with Gasteiger partial charge in [0.1, 0.15) is 12.3 Å². The molecule has 1 N–H and O–H groups in total.